The van der Waals surface area contributed by atoms with Crippen LogP contribution in [0.25, 0.3) is 0 Å². The van der Waals surface area contributed by atoms with Gasteiger partial charge in [-0.25, -0.2) is 14.0 Å². The van der Waals surface area contributed by atoms with Crippen LogP contribution in [0.4, 0.5) is 14.9 Å². The molecular weight excluding hydrogens is 343 g/mol. The molecule has 26 heavy (non-hydrogen) atoms. The molecule has 7 nitrogen and oxygen atoms in total. The van der Waals surface area contributed by atoms with E-state index in [9.17, 15) is 18.8 Å². The third-order valence-corrected chi connectivity index (χ3v) is 3.65. The van der Waals surface area contributed by atoms with Crippen LogP contribution >= 0.6 is 0 Å². The third-order valence-electron chi connectivity index (χ3n) is 3.65. The van der Waals surface area contributed by atoms with Gasteiger partial charge < -0.3 is 14.8 Å². The summed E-state index contributed by atoms with van der Waals surface area (Å²) >= 11 is 0. The molecule has 0 aliphatic carbocycles. The van der Waals surface area contributed by atoms with Crippen LogP contribution in [0.5, 0.6) is 0 Å². The first kappa shape index (κ1) is 19.7. The number of likely N-dealkylation sites (tertiary alicyclic amines) is 1. The topological polar surface area (TPSA) is 84.9 Å². The van der Waals surface area contributed by atoms with Gasteiger partial charge in [0.25, 0.3) is 5.91 Å². The van der Waals surface area contributed by atoms with E-state index in [1.165, 1.54) is 23.1 Å². The fraction of sp³-hybridized carbons (Fsp3) is 0.500. The van der Waals surface area contributed by atoms with Gasteiger partial charge in [-0.2, -0.15) is 0 Å². The molecule has 2 rings (SSSR count). The second kappa shape index (κ2) is 8.16. The number of esters is 1. The molecule has 1 aromatic rings. The van der Waals surface area contributed by atoms with E-state index in [2.05, 4.69) is 5.32 Å². The number of halogens is 1. The smallest absolute Gasteiger partial charge is 0.411 e. The van der Waals surface area contributed by atoms with Gasteiger partial charge in [0.05, 0.1) is 5.69 Å². The SMILES string of the molecule is CC(C)(C)OC(=O)N1CCC[C@H]1C(=O)OCC(=O)Nc1ccccc1F. The van der Waals surface area contributed by atoms with Gasteiger partial charge in [0, 0.05) is 6.54 Å². The summed E-state index contributed by atoms with van der Waals surface area (Å²) in [4.78, 5) is 37.5. The highest BCUT2D eigenvalue weighted by atomic mass is 19.1. The van der Waals surface area contributed by atoms with Gasteiger partial charge in [-0.05, 0) is 45.7 Å². The Bertz CT molecular complexity index is 686. The van der Waals surface area contributed by atoms with Crippen molar-refractivity contribution in [2.24, 2.45) is 0 Å². The van der Waals surface area contributed by atoms with Crippen molar-refractivity contribution in [3.8, 4) is 0 Å². The molecule has 1 atom stereocenters. The number of nitrogens with zero attached hydrogens (tertiary/aromatic N) is 1. The monoisotopic (exact) mass is 366 g/mol. The van der Waals surface area contributed by atoms with E-state index >= 15 is 0 Å². The van der Waals surface area contributed by atoms with Crippen LogP contribution in [0.15, 0.2) is 24.3 Å². The molecule has 1 heterocycles. The van der Waals surface area contributed by atoms with Crippen LogP contribution in [0.3, 0.4) is 0 Å². The largest absolute Gasteiger partial charge is 0.454 e. The number of nitrogens with one attached hydrogen (secondary N) is 1. The maximum absolute atomic E-state index is 13.5. The molecule has 0 bridgehead atoms. The normalized spacial score (nSPS) is 16.9. The van der Waals surface area contributed by atoms with Crippen LogP contribution in [0.1, 0.15) is 33.6 Å². The van der Waals surface area contributed by atoms with E-state index in [0.717, 1.165) is 0 Å². The Morgan fingerprint density at radius 2 is 1.96 bits per heavy atom. The predicted octanol–water partition coefficient (Wildman–Crippen LogP) is 2.71. The first-order valence-corrected chi connectivity index (χ1v) is 8.38. The minimum absolute atomic E-state index is 0.00444. The average molecular weight is 366 g/mol. The number of hydrogen-bond donors (Lipinski definition) is 1. The summed E-state index contributed by atoms with van der Waals surface area (Å²) in [6.45, 7) is 5.03. The highest BCUT2D eigenvalue weighted by Gasteiger charge is 2.37. The fourth-order valence-corrected chi connectivity index (χ4v) is 2.53. The number of para-hydroxylation sites is 1. The van der Waals surface area contributed by atoms with E-state index in [-0.39, 0.29) is 5.69 Å². The molecule has 0 saturated carbocycles. The molecule has 1 N–H and O–H groups in total. The molecule has 8 heteroatoms. The Morgan fingerprint density at radius 3 is 2.62 bits per heavy atom. The van der Waals surface area contributed by atoms with E-state index in [1.807, 2.05) is 0 Å². The van der Waals surface area contributed by atoms with Gasteiger partial charge in [-0.3, -0.25) is 9.69 Å². The molecule has 0 radical (unpaired) electrons. The van der Waals surface area contributed by atoms with Crippen molar-refractivity contribution in [2.45, 2.75) is 45.3 Å². The summed E-state index contributed by atoms with van der Waals surface area (Å²) < 4.78 is 23.8. The van der Waals surface area contributed by atoms with Gasteiger partial charge in [-0.1, -0.05) is 12.1 Å². The van der Waals surface area contributed by atoms with Crippen LogP contribution < -0.4 is 5.32 Å². The van der Waals surface area contributed by atoms with E-state index < -0.39 is 42.0 Å². The highest BCUT2D eigenvalue weighted by molar-refractivity contribution is 5.93. The van der Waals surface area contributed by atoms with Crippen LogP contribution in [0.2, 0.25) is 0 Å². The summed E-state index contributed by atoms with van der Waals surface area (Å²) in [7, 11) is 0. The summed E-state index contributed by atoms with van der Waals surface area (Å²) in [5, 5.41) is 2.32. The average Bonchev–Trinajstić information content (AvgIpc) is 3.03. The quantitative estimate of drug-likeness (QED) is 0.828. The first-order valence-electron chi connectivity index (χ1n) is 8.38. The maximum Gasteiger partial charge on any atom is 0.411 e. The second-order valence-electron chi connectivity index (χ2n) is 6.97. The van der Waals surface area contributed by atoms with Gasteiger partial charge in [0.2, 0.25) is 0 Å². The van der Waals surface area contributed by atoms with E-state index in [0.29, 0.717) is 19.4 Å². The van der Waals surface area contributed by atoms with Crippen LogP contribution in [0, 0.1) is 5.82 Å². The van der Waals surface area contributed by atoms with Gasteiger partial charge in [-0.15, -0.1) is 0 Å². The molecule has 2 amide bonds. The van der Waals surface area contributed by atoms with Crippen molar-refractivity contribution in [1.29, 1.82) is 0 Å². The third kappa shape index (κ3) is 5.44. The molecule has 142 valence electrons. The summed E-state index contributed by atoms with van der Waals surface area (Å²) in [6, 6.07) is 4.89. The number of carbonyl (C=O) groups excluding carboxylic acids is 3. The van der Waals surface area contributed by atoms with Crippen molar-refractivity contribution < 1.29 is 28.2 Å². The summed E-state index contributed by atoms with van der Waals surface area (Å²) in [6.07, 6.45) is 0.487. The number of carbonyl (C=O) groups is 3. The molecular formula is C18H23FN2O5. The zero-order valence-corrected chi connectivity index (χ0v) is 15.1. The Hall–Kier alpha value is -2.64. The lowest BCUT2D eigenvalue weighted by molar-refractivity contribution is -0.151. The molecule has 1 aliphatic rings. The van der Waals surface area contributed by atoms with Gasteiger partial charge in [0.15, 0.2) is 6.61 Å². The lowest BCUT2D eigenvalue weighted by atomic mass is 10.2. The van der Waals surface area contributed by atoms with Crippen molar-refractivity contribution in [3.05, 3.63) is 30.1 Å². The zero-order chi connectivity index (χ0) is 19.3. The molecule has 0 aromatic heterocycles. The van der Waals surface area contributed by atoms with Crippen molar-refractivity contribution in [1.82, 2.24) is 4.90 Å². The number of benzene rings is 1. The summed E-state index contributed by atoms with van der Waals surface area (Å²) in [5.74, 6) is -1.93. The molecule has 1 aliphatic heterocycles. The lowest BCUT2D eigenvalue weighted by Gasteiger charge is -2.27. The number of anilines is 1. The Morgan fingerprint density at radius 1 is 1.27 bits per heavy atom. The van der Waals surface area contributed by atoms with Crippen molar-refractivity contribution in [2.75, 3.05) is 18.5 Å². The number of hydrogen-bond acceptors (Lipinski definition) is 5. The van der Waals surface area contributed by atoms with Crippen molar-refractivity contribution in [3.63, 3.8) is 0 Å². The summed E-state index contributed by atoms with van der Waals surface area (Å²) in [5.41, 5.74) is -0.668. The fourth-order valence-electron chi connectivity index (χ4n) is 2.53. The van der Waals surface area contributed by atoms with Crippen molar-refractivity contribution >= 4 is 23.7 Å². The first-order chi connectivity index (χ1) is 12.2. The Labute approximate surface area is 151 Å². The molecule has 1 aromatic carbocycles. The van der Waals surface area contributed by atoms with E-state index in [1.54, 1.807) is 26.8 Å². The minimum atomic E-state index is -0.786. The standard InChI is InChI=1S/C18H23FN2O5/c1-18(2,3)26-17(24)21-10-6-9-14(21)16(23)25-11-15(22)20-13-8-5-4-7-12(13)19/h4-5,7-8,14H,6,9-11H2,1-3H3,(H,20,22)/t14-/m0/s1. The Balaban J connectivity index is 1.87. The van der Waals surface area contributed by atoms with E-state index in [4.69, 9.17) is 9.47 Å². The van der Waals surface area contributed by atoms with Crippen LogP contribution in [-0.4, -0.2) is 47.7 Å². The van der Waals surface area contributed by atoms with Gasteiger partial charge >= 0.3 is 12.1 Å². The number of ether oxygens (including phenoxy) is 2. The molecule has 1 saturated heterocycles. The molecule has 0 spiro atoms. The maximum atomic E-state index is 13.5. The van der Waals surface area contributed by atoms with Gasteiger partial charge in [0.1, 0.15) is 17.5 Å². The van der Waals surface area contributed by atoms with Crippen LogP contribution in [-0.2, 0) is 19.1 Å². The highest BCUT2D eigenvalue weighted by Crippen LogP contribution is 2.22. The second-order valence-corrected chi connectivity index (χ2v) is 6.97. The lowest BCUT2D eigenvalue weighted by Crippen LogP contribution is -2.44. The molecule has 1 fully saturated rings. The minimum Gasteiger partial charge on any atom is -0.454 e. The predicted molar refractivity (Wildman–Crippen MR) is 92.0 cm³/mol. The number of amides is 2. The Kier molecular flexibility index (Phi) is 6.18. The molecule has 0 unspecified atom stereocenters. The zero-order valence-electron chi connectivity index (χ0n) is 15.1. The number of rotatable bonds is 4.